The largest absolute Gasteiger partial charge is 0.340 e. The lowest BCUT2D eigenvalue weighted by atomic mass is 9.59. The van der Waals surface area contributed by atoms with Crippen molar-refractivity contribution in [1.29, 1.82) is 0 Å². The first kappa shape index (κ1) is 28.3. The molecule has 4 atom stereocenters. The van der Waals surface area contributed by atoms with Crippen molar-refractivity contribution in [2.24, 2.45) is 0 Å². The van der Waals surface area contributed by atoms with Crippen LogP contribution in [0.2, 0.25) is 0 Å². The Kier molecular flexibility index (Phi) is 5.42. The van der Waals surface area contributed by atoms with Gasteiger partial charge in [-0.2, -0.15) is 0 Å². The molecule has 7 aromatic rings. The summed E-state index contributed by atoms with van der Waals surface area (Å²) in [6.45, 7) is 4.67. The van der Waals surface area contributed by atoms with E-state index in [1.165, 1.54) is 55.6 Å². The van der Waals surface area contributed by atoms with E-state index in [0.29, 0.717) is 0 Å². The topological polar surface area (TPSA) is 18.5 Å². The van der Waals surface area contributed by atoms with Crippen molar-refractivity contribution in [3.05, 3.63) is 248 Å². The van der Waals surface area contributed by atoms with Gasteiger partial charge in [-0.15, -0.1) is 0 Å². The van der Waals surface area contributed by atoms with Gasteiger partial charge in [0.25, 0.3) is 0 Å². The molecule has 2 heteroatoms. The minimum atomic E-state index is -0.813. The number of ether oxygens (including phenoxy) is 2. The lowest BCUT2D eigenvalue weighted by Gasteiger charge is -2.39. The number of benzene rings is 7. The average Bonchev–Trinajstić information content (AvgIpc) is 3.90. The lowest BCUT2D eigenvalue weighted by molar-refractivity contribution is -0.0302. The first-order valence-corrected chi connectivity index (χ1v) is 17.6. The second-order valence-corrected chi connectivity index (χ2v) is 14.2. The SMILES string of the molecule is Cc1c2c(c(C)c3c1C1(c4ccccc4)OC3(c3ccccc3)c3ccccc31)C1(c3ccccc3)OC2(c2ccccc2)c2ccccc21. The first-order valence-electron chi connectivity index (χ1n) is 17.6. The molecule has 4 heterocycles. The maximum atomic E-state index is 7.91. The van der Waals surface area contributed by atoms with Gasteiger partial charge >= 0.3 is 0 Å². The predicted molar refractivity (Wildman–Crippen MR) is 196 cm³/mol. The molecule has 7 aromatic carbocycles. The summed E-state index contributed by atoms with van der Waals surface area (Å²) < 4.78 is 15.8. The number of fused-ring (bicyclic) bond motifs is 16. The number of hydrogen-bond acceptors (Lipinski definition) is 2. The highest BCUT2D eigenvalue weighted by Gasteiger charge is 2.70. The van der Waals surface area contributed by atoms with Gasteiger partial charge < -0.3 is 9.47 Å². The van der Waals surface area contributed by atoms with Crippen LogP contribution < -0.4 is 0 Å². The highest BCUT2D eigenvalue weighted by molar-refractivity contribution is 5.81. The minimum Gasteiger partial charge on any atom is -0.340 e. The minimum absolute atomic E-state index is 0.813. The second-order valence-electron chi connectivity index (χ2n) is 14.2. The molecule has 0 fully saturated rings. The number of rotatable bonds is 4. The Morgan fingerprint density at radius 2 is 0.480 bits per heavy atom. The fraction of sp³-hybridized carbons (Fsp3) is 0.125. The molecule has 0 saturated heterocycles. The van der Waals surface area contributed by atoms with E-state index < -0.39 is 22.4 Å². The molecule has 2 nitrogen and oxygen atoms in total. The van der Waals surface area contributed by atoms with Crippen LogP contribution in [0.15, 0.2) is 170 Å². The van der Waals surface area contributed by atoms with E-state index in [1.807, 2.05) is 0 Å². The van der Waals surface area contributed by atoms with Crippen molar-refractivity contribution in [3.63, 3.8) is 0 Å². The van der Waals surface area contributed by atoms with Crippen molar-refractivity contribution in [1.82, 2.24) is 0 Å². The Hall–Kier alpha value is -5.54. The van der Waals surface area contributed by atoms with Gasteiger partial charge in [0.2, 0.25) is 0 Å². The van der Waals surface area contributed by atoms with Crippen LogP contribution in [-0.4, -0.2) is 0 Å². The van der Waals surface area contributed by atoms with Gasteiger partial charge in [-0.05, 0) is 69.5 Å². The van der Waals surface area contributed by atoms with E-state index in [4.69, 9.17) is 9.47 Å². The van der Waals surface area contributed by atoms with Crippen LogP contribution in [0.25, 0.3) is 0 Å². The molecular weight excluding hydrogens is 609 g/mol. The maximum absolute atomic E-state index is 7.91. The quantitative estimate of drug-likeness (QED) is 0.190. The van der Waals surface area contributed by atoms with Crippen LogP contribution >= 0.6 is 0 Å². The Balaban J connectivity index is 1.38. The fourth-order valence-electron chi connectivity index (χ4n) is 10.5. The predicted octanol–water partition coefficient (Wildman–Crippen LogP) is 10.2. The Labute approximate surface area is 292 Å². The third kappa shape index (κ3) is 2.98. The Morgan fingerprint density at radius 1 is 0.280 bits per heavy atom. The smallest absolute Gasteiger partial charge is 0.146 e. The lowest BCUT2D eigenvalue weighted by Crippen LogP contribution is -2.35. The van der Waals surface area contributed by atoms with Gasteiger partial charge in [0.15, 0.2) is 0 Å². The van der Waals surface area contributed by atoms with Crippen molar-refractivity contribution >= 4 is 0 Å². The van der Waals surface area contributed by atoms with E-state index in [0.717, 1.165) is 22.3 Å². The van der Waals surface area contributed by atoms with Gasteiger partial charge in [0.1, 0.15) is 22.4 Å². The zero-order chi connectivity index (χ0) is 33.3. The van der Waals surface area contributed by atoms with E-state index in [2.05, 4.69) is 184 Å². The molecule has 4 unspecified atom stereocenters. The average molecular weight is 643 g/mol. The van der Waals surface area contributed by atoms with E-state index in [9.17, 15) is 0 Å². The second kappa shape index (κ2) is 9.57. The standard InChI is InChI=1S/C48H34O2/c1-31-41-43(47(35-23-11-5-12-24-35)39-29-17-15-27-37(39)45(41,49-47)33-19-7-3-8-20-33)32(2)44-42(31)46(34-21-9-4-10-22-34)38-28-16-18-30-40(38)48(44,50-46)36-25-13-6-14-26-36/h3-30H,1-2H3. The van der Waals surface area contributed by atoms with Crippen LogP contribution in [-0.2, 0) is 31.9 Å². The summed E-state index contributed by atoms with van der Waals surface area (Å²) >= 11 is 0. The van der Waals surface area contributed by atoms with E-state index >= 15 is 0 Å². The van der Waals surface area contributed by atoms with Gasteiger partial charge in [0, 0.05) is 22.3 Å². The Morgan fingerprint density at radius 3 is 0.700 bits per heavy atom. The molecule has 0 aliphatic carbocycles. The van der Waals surface area contributed by atoms with Crippen LogP contribution in [0.1, 0.15) is 77.9 Å². The van der Waals surface area contributed by atoms with Crippen molar-refractivity contribution in [2.45, 2.75) is 36.3 Å². The molecule has 0 amide bonds. The van der Waals surface area contributed by atoms with Crippen molar-refractivity contribution in [3.8, 4) is 0 Å². The summed E-state index contributed by atoms with van der Waals surface area (Å²) in [5, 5.41) is 0. The maximum Gasteiger partial charge on any atom is 0.146 e. The zero-order valence-electron chi connectivity index (χ0n) is 28.0. The third-order valence-electron chi connectivity index (χ3n) is 12.1. The molecule has 0 radical (unpaired) electrons. The molecule has 0 spiro atoms. The van der Waals surface area contributed by atoms with Crippen molar-refractivity contribution < 1.29 is 9.47 Å². The molecule has 50 heavy (non-hydrogen) atoms. The summed E-state index contributed by atoms with van der Waals surface area (Å²) in [6.07, 6.45) is 0. The van der Waals surface area contributed by atoms with Crippen LogP contribution in [0.5, 0.6) is 0 Å². The van der Waals surface area contributed by atoms with Gasteiger partial charge in [-0.1, -0.05) is 170 Å². The molecule has 4 aliphatic heterocycles. The molecule has 11 rings (SSSR count). The molecule has 0 saturated carbocycles. The van der Waals surface area contributed by atoms with Gasteiger partial charge in [-0.3, -0.25) is 0 Å². The van der Waals surface area contributed by atoms with Crippen molar-refractivity contribution in [2.75, 3.05) is 0 Å². The normalized spacial score (nSPS) is 26.0. The third-order valence-corrected chi connectivity index (χ3v) is 12.1. The summed E-state index contributed by atoms with van der Waals surface area (Å²) in [4.78, 5) is 0. The molecule has 4 bridgehead atoms. The summed E-state index contributed by atoms with van der Waals surface area (Å²) in [5.74, 6) is 0. The van der Waals surface area contributed by atoms with Crippen LogP contribution in [0.3, 0.4) is 0 Å². The van der Waals surface area contributed by atoms with Gasteiger partial charge in [0.05, 0.1) is 0 Å². The molecule has 0 N–H and O–H groups in total. The van der Waals surface area contributed by atoms with Gasteiger partial charge in [-0.25, -0.2) is 0 Å². The summed E-state index contributed by atoms with van der Waals surface area (Å²) in [5.41, 5.74) is 13.6. The zero-order valence-corrected chi connectivity index (χ0v) is 28.0. The van der Waals surface area contributed by atoms with E-state index in [1.54, 1.807) is 0 Å². The highest BCUT2D eigenvalue weighted by Crippen LogP contribution is 2.73. The Bertz CT molecular complexity index is 2160. The molecule has 4 aliphatic rings. The highest BCUT2D eigenvalue weighted by atomic mass is 16.5. The summed E-state index contributed by atoms with van der Waals surface area (Å²) in [6, 6.07) is 61.3. The molecular formula is C48H34O2. The number of hydrogen-bond donors (Lipinski definition) is 0. The molecule has 238 valence electrons. The summed E-state index contributed by atoms with van der Waals surface area (Å²) in [7, 11) is 0. The molecule has 0 aromatic heterocycles. The monoisotopic (exact) mass is 642 g/mol. The first-order chi connectivity index (χ1) is 24.6. The van der Waals surface area contributed by atoms with Crippen LogP contribution in [0, 0.1) is 13.8 Å². The van der Waals surface area contributed by atoms with E-state index in [-0.39, 0.29) is 0 Å². The van der Waals surface area contributed by atoms with Crippen LogP contribution in [0.4, 0.5) is 0 Å². The fourth-order valence-corrected chi connectivity index (χ4v) is 10.5.